The second-order valence-corrected chi connectivity index (χ2v) is 11.8. The van der Waals surface area contributed by atoms with E-state index >= 15 is 0 Å². The third kappa shape index (κ3) is 6.64. The minimum absolute atomic E-state index is 0.0183. The number of sulfone groups is 1. The van der Waals surface area contributed by atoms with Crippen LogP contribution >= 0.6 is 11.3 Å². The number of nitrogens with one attached hydrogen (secondary N) is 1. The van der Waals surface area contributed by atoms with Crippen LogP contribution in [0.15, 0.2) is 42.5 Å². The van der Waals surface area contributed by atoms with E-state index in [1.807, 2.05) is 31.2 Å². The number of hydrogen-bond donors (Lipinski definition) is 1. The van der Waals surface area contributed by atoms with Gasteiger partial charge in [-0.25, -0.2) is 8.42 Å². The van der Waals surface area contributed by atoms with Crippen LogP contribution in [0.2, 0.25) is 0 Å². The Kier molecular flexibility index (Phi) is 7.46. The molecule has 0 radical (unpaired) electrons. The number of aromatic nitrogens is 2. The Morgan fingerprint density at radius 2 is 1.94 bits per heavy atom. The average molecular weight is 515 g/mol. The number of rotatable bonds is 9. The van der Waals surface area contributed by atoms with Gasteiger partial charge in [0.2, 0.25) is 5.91 Å². The molecule has 2 aromatic carbocycles. The van der Waals surface area contributed by atoms with Gasteiger partial charge in [0, 0.05) is 49.0 Å². The lowest BCUT2D eigenvalue weighted by atomic mass is 10.1. The largest absolute Gasteiger partial charge is 0.457 e. The molecule has 3 aromatic rings. The summed E-state index contributed by atoms with van der Waals surface area (Å²) in [5, 5.41) is 12.5. The first-order valence-electron chi connectivity index (χ1n) is 11.1. The SMILES string of the molecule is Cc1nnc(-c2ccc(Oc3cc(C(=O)NCCS(C)(=O)=O)ccc3CN3CCCC3=O)cc2)s1. The molecule has 0 spiro atoms. The summed E-state index contributed by atoms with van der Waals surface area (Å²) in [5.74, 6) is 0.579. The van der Waals surface area contributed by atoms with Gasteiger partial charge in [-0.1, -0.05) is 17.4 Å². The van der Waals surface area contributed by atoms with Crippen LogP contribution < -0.4 is 10.1 Å². The van der Waals surface area contributed by atoms with Gasteiger partial charge in [-0.15, -0.1) is 10.2 Å². The van der Waals surface area contributed by atoms with Gasteiger partial charge in [0.15, 0.2) is 0 Å². The Balaban J connectivity index is 1.55. The van der Waals surface area contributed by atoms with Gasteiger partial charge in [0.25, 0.3) is 5.91 Å². The van der Waals surface area contributed by atoms with Crippen molar-refractivity contribution >= 4 is 33.0 Å². The predicted molar refractivity (Wildman–Crippen MR) is 133 cm³/mol. The molecule has 0 bridgehead atoms. The van der Waals surface area contributed by atoms with E-state index in [9.17, 15) is 18.0 Å². The summed E-state index contributed by atoms with van der Waals surface area (Å²) < 4.78 is 28.9. The van der Waals surface area contributed by atoms with Crippen molar-refractivity contribution in [3.63, 3.8) is 0 Å². The van der Waals surface area contributed by atoms with E-state index in [0.717, 1.165) is 33.8 Å². The maximum atomic E-state index is 12.6. The Morgan fingerprint density at radius 3 is 2.57 bits per heavy atom. The molecule has 1 fully saturated rings. The first-order valence-corrected chi connectivity index (χ1v) is 14.0. The molecule has 0 aliphatic carbocycles. The molecule has 1 aromatic heterocycles. The van der Waals surface area contributed by atoms with E-state index in [4.69, 9.17) is 4.74 Å². The van der Waals surface area contributed by atoms with Gasteiger partial charge in [-0.05, 0) is 49.7 Å². The molecule has 9 nitrogen and oxygen atoms in total. The molecule has 4 rings (SSSR count). The number of carbonyl (C=O) groups excluding carboxylic acids is 2. The average Bonchev–Trinajstić information content (AvgIpc) is 3.42. The highest BCUT2D eigenvalue weighted by atomic mass is 32.2. The van der Waals surface area contributed by atoms with E-state index < -0.39 is 15.7 Å². The Morgan fingerprint density at radius 1 is 1.17 bits per heavy atom. The summed E-state index contributed by atoms with van der Waals surface area (Å²) in [4.78, 5) is 26.5. The van der Waals surface area contributed by atoms with E-state index in [2.05, 4.69) is 15.5 Å². The minimum atomic E-state index is -3.18. The summed E-state index contributed by atoms with van der Waals surface area (Å²) >= 11 is 1.50. The summed E-state index contributed by atoms with van der Waals surface area (Å²) in [6.07, 6.45) is 2.48. The van der Waals surface area contributed by atoms with Crippen molar-refractivity contribution < 1.29 is 22.7 Å². The highest BCUT2D eigenvalue weighted by molar-refractivity contribution is 7.90. The first kappa shape index (κ1) is 24.8. The lowest BCUT2D eigenvalue weighted by molar-refractivity contribution is -0.128. The molecule has 2 amide bonds. The lowest BCUT2D eigenvalue weighted by Crippen LogP contribution is -2.29. The number of amides is 2. The van der Waals surface area contributed by atoms with Crippen molar-refractivity contribution in [2.45, 2.75) is 26.3 Å². The zero-order valence-corrected chi connectivity index (χ0v) is 21.1. The molecule has 1 aliphatic rings. The monoisotopic (exact) mass is 514 g/mol. The maximum Gasteiger partial charge on any atom is 0.251 e. The van der Waals surface area contributed by atoms with Gasteiger partial charge in [-0.2, -0.15) is 0 Å². The number of benzene rings is 2. The molecule has 0 unspecified atom stereocenters. The van der Waals surface area contributed by atoms with Crippen molar-refractivity contribution in [1.29, 1.82) is 0 Å². The van der Waals surface area contributed by atoms with E-state index in [-0.39, 0.29) is 18.2 Å². The number of hydrogen-bond acceptors (Lipinski definition) is 8. The number of nitrogens with zero attached hydrogens (tertiary/aromatic N) is 3. The van der Waals surface area contributed by atoms with Crippen LogP contribution in [0.25, 0.3) is 10.6 Å². The Bertz CT molecular complexity index is 1340. The number of aryl methyl sites for hydroxylation is 1. The second-order valence-electron chi connectivity index (χ2n) is 8.38. The first-order chi connectivity index (χ1) is 16.7. The maximum absolute atomic E-state index is 12.6. The van der Waals surface area contributed by atoms with Crippen LogP contribution in [0, 0.1) is 6.92 Å². The number of carbonyl (C=O) groups is 2. The molecular weight excluding hydrogens is 488 g/mol. The number of ether oxygens (including phenoxy) is 1. The Labute approximate surface area is 208 Å². The highest BCUT2D eigenvalue weighted by Gasteiger charge is 2.22. The fourth-order valence-corrected chi connectivity index (χ4v) is 4.83. The van der Waals surface area contributed by atoms with Crippen molar-refractivity contribution in [1.82, 2.24) is 20.4 Å². The van der Waals surface area contributed by atoms with Crippen LogP contribution in [-0.2, 0) is 21.2 Å². The highest BCUT2D eigenvalue weighted by Crippen LogP contribution is 2.31. The van der Waals surface area contributed by atoms with E-state index in [1.165, 1.54) is 11.3 Å². The molecule has 1 N–H and O–H groups in total. The van der Waals surface area contributed by atoms with Crippen LogP contribution in [-0.4, -0.2) is 60.4 Å². The zero-order valence-electron chi connectivity index (χ0n) is 19.5. The van der Waals surface area contributed by atoms with Crippen molar-refractivity contribution in [2.75, 3.05) is 25.1 Å². The minimum Gasteiger partial charge on any atom is -0.457 e. The summed E-state index contributed by atoms with van der Waals surface area (Å²) in [6.45, 7) is 2.98. The fraction of sp³-hybridized carbons (Fsp3) is 0.333. The molecule has 35 heavy (non-hydrogen) atoms. The third-order valence-corrected chi connectivity index (χ3v) is 7.31. The van der Waals surface area contributed by atoms with Crippen LogP contribution in [0.3, 0.4) is 0 Å². The lowest BCUT2D eigenvalue weighted by Gasteiger charge is -2.19. The predicted octanol–water partition coefficient (Wildman–Crippen LogP) is 3.20. The van der Waals surface area contributed by atoms with Gasteiger partial charge < -0.3 is 15.0 Å². The van der Waals surface area contributed by atoms with Gasteiger partial charge in [0.1, 0.15) is 31.4 Å². The van der Waals surface area contributed by atoms with Gasteiger partial charge in [-0.3, -0.25) is 9.59 Å². The van der Waals surface area contributed by atoms with Crippen LogP contribution in [0.5, 0.6) is 11.5 Å². The van der Waals surface area contributed by atoms with Gasteiger partial charge in [0.05, 0.1) is 5.75 Å². The van der Waals surface area contributed by atoms with Crippen molar-refractivity contribution in [2.24, 2.45) is 0 Å². The normalized spacial score (nSPS) is 13.8. The molecule has 0 atom stereocenters. The summed E-state index contributed by atoms with van der Waals surface area (Å²) in [7, 11) is -3.18. The zero-order chi connectivity index (χ0) is 25.0. The summed E-state index contributed by atoms with van der Waals surface area (Å²) in [6, 6.07) is 12.4. The van der Waals surface area contributed by atoms with Crippen LogP contribution in [0.1, 0.15) is 33.8 Å². The van der Waals surface area contributed by atoms with Gasteiger partial charge >= 0.3 is 0 Å². The molecular formula is C24H26N4O5S2. The molecule has 184 valence electrons. The molecule has 11 heteroatoms. The topological polar surface area (TPSA) is 119 Å². The molecule has 1 saturated heterocycles. The Hall–Kier alpha value is -3.31. The van der Waals surface area contributed by atoms with E-state index in [1.54, 1.807) is 23.1 Å². The van der Waals surface area contributed by atoms with Crippen molar-refractivity contribution in [3.8, 4) is 22.1 Å². The standard InChI is InChI=1S/C24H26N4O5S2/c1-16-26-27-24(34-16)17-7-9-20(10-8-17)33-21-14-18(23(30)25-11-13-35(2,31)32)5-6-19(21)15-28-12-3-4-22(28)29/h5-10,14H,3-4,11-13,15H2,1-2H3,(H,25,30). The summed E-state index contributed by atoms with van der Waals surface area (Å²) in [5.41, 5.74) is 2.03. The van der Waals surface area contributed by atoms with E-state index in [0.29, 0.717) is 36.6 Å². The smallest absolute Gasteiger partial charge is 0.251 e. The molecule has 0 saturated carbocycles. The molecule has 1 aliphatic heterocycles. The van der Waals surface area contributed by atoms with Crippen molar-refractivity contribution in [3.05, 3.63) is 58.6 Å². The molecule has 2 heterocycles. The van der Waals surface area contributed by atoms with Crippen LogP contribution in [0.4, 0.5) is 0 Å². The second kappa shape index (κ2) is 10.5. The fourth-order valence-electron chi connectivity index (χ4n) is 3.66. The quantitative estimate of drug-likeness (QED) is 0.466. The number of likely N-dealkylation sites (tertiary alicyclic amines) is 1. The third-order valence-electron chi connectivity index (χ3n) is 5.48.